The number of nitrogens with zero attached hydrogens (tertiary/aromatic N) is 1. The topological polar surface area (TPSA) is 28.4 Å². The maximum Gasteiger partial charge on any atom is 0.120 e. The van der Waals surface area contributed by atoms with Crippen molar-refractivity contribution in [2.45, 2.75) is 39.2 Å². The molecular formula is C15H26N2O. The highest BCUT2D eigenvalue weighted by Gasteiger charge is 2.19. The second-order valence-corrected chi connectivity index (χ2v) is 5.26. The van der Waals surface area contributed by atoms with E-state index in [2.05, 4.69) is 30.1 Å². The summed E-state index contributed by atoms with van der Waals surface area (Å²) >= 11 is 0. The standard InChI is InChI=1S/C15H26N2O/c1-3-14(15-6-5-11-18-15)16-12-13-7-9-17(4-2)10-8-13/h5-6,11,13-14,16H,3-4,7-10,12H2,1-2H3. The highest BCUT2D eigenvalue weighted by Crippen LogP contribution is 2.20. The van der Waals surface area contributed by atoms with Crippen molar-refractivity contribution >= 4 is 0 Å². The third-order valence-electron chi connectivity index (χ3n) is 4.10. The number of nitrogens with one attached hydrogen (secondary N) is 1. The van der Waals surface area contributed by atoms with Crippen LogP contribution in [0.3, 0.4) is 0 Å². The van der Waals surface area contributed by atoms with Gasteiger partial charge in [0.2, 0.25) is 0 Å². The van der Waals surface area contributed by atoms with Crippen LogP contribution >= 0.6 is 0 Å². The zero-order valence-electron chi connectivity index (χ0n) is 11.7. The quantitative estimate of drug-likeness (QED) is 0.841. The SMILES string of the molecule is CCC(NCC1CCN(CC)CC1)c1ccco1. The molecule has 0 bridgehead atoms. The van der Waals surface area contributed by atoms with Crippen LogP contribution in [0.4, 0.5) is 0 Å². The molecule has 1 fully saturated rings. The Labute approximate surface area is 111 Å². The van der Waals surface area contributed by atoms with Crippen molar-refractivity contribution in [3.63, 3.8) is 0 Å². The molecule has 1 unspecified atom stereocenters. The van der Waals surface area contributed by atoms with Crippen LogP contribution in [0.15, 0.2) is 22.8 Å². The van der Waals surface area contributed by atoms with E-state index in [9.17, 15) is 0 Å². The minimum Gasteiger partial charge on any atom is -0.468 e. The fourth-order valence-electron chi connectivity index (χ4n) is 2.75. The molecule has 1 aliphatic heterocycles. The molecule has 102 valence electrons. The van der Waals surface area contributed by atoms with E-state index in [-0.39, 0.29) is 0 Å². The first-order valence-electron chi connectivity index (χ1n) is 7.32. The lowest BCUT2D eigenvalue weighted by Gasteiger charge is -2.31. The summed E-state index contributed by atoms with van der Waals surface area (Å²) in [6, 6.07) is 4.42. The Kier molecular flexibility index (Phi) is 5.26. The van der Waals surface area contributed by atoms with Crippen molar-refractivity contribution in [2.24, 2.45) is 5.92 Å². The maximum absolute atomic E-state index is 5.49. The van der Waals surface area contributed by atoms with E-state index in [0.29, 0.717) is 6.04 Å². The monoisotopic (exact) mass is 250 g/mol. The predicted molar refractivity (Wildman–Crippen MR) is 74.6 cm³/mol. The lowest BCUT2D eigenvalue weighted by molar-refractivity contribution is 0.186. The third kappa shape index (κ3) is 3.59. The van der Waals surface area contributed by atoms with Crippen molar-refractivity contribution in [2.75, 3.05) is 26.2 Å². The normalized spacial score (nSPS) is 20.1. The van der Waals surface area contributed by atoms with Crippen molar-refractivity contribution < 1.29 is 4.42 Å². The molecular weight excluding hydrogens is 224 g/mol. The molecule has 1 aromatic rings. The molecule has 0 aromatic carbocycles. The van der Waals surface area contributed by atoms with Gasteiger partial charge in [0, 0.05) is 0 Å². The Morgan fingerprint density at radius 3 is 2.72 bits per heavy atom. The molecule has 1 saturated heterocycles. The lowest BCUT2D eigenvalue weighted by Crippen LogP contribution is -2.37. The van der Waals surface area contributed by atoms with Crippen LogP contribution < -0.4 is 5.32 Å². The van der Waals surface area contributed by atoms with Gasteiger partial charge in [0.1, 0.15) is 5.76 Å². The average Bonchev–Trinajstić information content (AvgIpc) is 2.94. The highest BCUT2D eigenvalue weighted by molar-refractivity contribution is 5.04. The molecule has 1 aliphatic rings. The summed E-state index contributed by atoms with van der Waals surface area (Å²) in [5, 5.41) is 3.66. The molecule has 3 nitrogen and oxygen atoms in total. The number of furan rings is 1. The summed E-state index contributed by atoms with van der Waals surface area (Å²) in [6.07, 6.45) is 5.51. The summed E-state index contributed by atoms with van der Waals surface area (Å²) < 4.78 is 5.49. The van der Waals surface area contributed by atoms with E-state index in [0.717, 1.165) is 24.6 Å². The zero-order valence-corrected chi connectivity index (χ0v) is 11.7. The molecule has 0 saturated carbocycles. The Morgan fingerprint density at radius 1 is 1.39 bits per heavy atom. The van der Waals surface area contributed by atoms with Gasteiger partial charge in [-0.2, -0.15) is 0 Å². The van der Waals surface area contributed by atoms with Crippen LogP contribution in [0.5, 0.6) is 0 Å². The second-order valence-electron chi connectivity index (χ2n) is 5.26. The lowest BCUT2D eigenvalue weighted by atomic mass is 9.96. The fraction of sp³-hybridized carbons (Fsp3) is 0.733. The molecule has 2 rings (SSSR count). The van der Waals surface area contributed by atoms with Crippen LogP contribution in [0, 0.1) is 5.92 Å². The van der Waals surface area contributed by atoms with Gasteiger partial charge in [-0.15, -0.1) is 0 Å². The number of rotatable bonds is 6. The summed E-state index contributed by atoms with van der Waals surface area (Å²) in [7, 11) is 0. The smallest absolute Gasteiger partial charge is 0.120 e. The van der Waals surface area contributed by atoms with E-state index in [1.807, 2.05) is 6.07 Å². The average molecular weight is 250 g/mol. The van der Waals surface area contributed by atoms with E-state index in [1.165, 1.54) is 32.5 Å². The molecule has 0 radical (unpaired) electrons. The molecule has 1 N–H and O–H groups in total. The van der Waals surface area contributed by atoms with Gasteiger partial charge < -0.3 is 14.6 Å². The first-order valence-corrected chi connectivity index (χ1v) is 7.32. The summed E-state index contributed by atoms with van der Waals surface area (Å²) in [6.45, 7) is 9.31. The van der Waals surface area contributed by atoms with Gasteiger partial charge in [0.25, 0.3) is 0 Å². The molecule has 1 aromatic heterocycles. The van der Waals surface area contributed by atoms with Gasteiger partial charge in [-0.1, -0.05) is 13.8 Å². The third-order valence-corrected chi connectivity index (χ3v) is 4.10. The summed E-state index contributed by atoms with van der Waals surface area (Å²) in [5.41, 5.74) is 0. The number of piperidine rings is 1. The van der Waals surface area contributed by atoms with E-state index in [1.54, 1.807) is 6.26 Å². The zero-order chi connectivity index (χ0) is 12.8. The Hall–Kier alpha value is -0.800. The number of hydrogen-bond acceptors (Lipinski definition) is 3. The van der Waals surface area contributed by atoms with Crippen molar-refractivity contribution in [3.05, 3.63) is 24.2 Å². The Morgan fingerprint density at radius 2 is 2.17 bits per heavy atom. The molecule has 0 spiro atoms. The predicted octanol–water partition coefficient (Wildman–Crippen LogP) is 3.05. The number of hydrogen-bond donors (Lipinski definition) is 1. The van der Waals surface area contributed by atoms with Gasteiger partial charge in [0.05, 0.1) is 12.3 Å². The molecule has 0 aliphatic carbocycles. The molecule has 1 atom stereocenters. The van der Waals surface area contributed by atoms with E-state index < -0.39 is 0 Å². The number of likely N-dealkylation sites (tertiary alicyclic amines) is 1. The minimum absolute atomic E-state index is 0.379. The largest absolute Gasteiger partial charge is 0.468 e. The minimum atomic E-state index is 0.379. The van der Waals surface area contributed by atoms with Crippen LogP contribution in [0.25, 0.3) is 0 Å². The van der Waals surface area contributed by atoms with E-state index in [4.69, 9.17) is 4.42 Å². The second kappa shape index (κ2) is 6.95. The fourth-order valence-corrected chi connectivity index (χ4v) is 2.75. The van der Waals surface area contributed by atoms with Gasteiger partial charge in [-0.3, -0.25) is 0 Å². The van der Waals surface area contributed by atoms with Gasteiger partial charge >= 0.3 is 0 Å². The van der Waals surface area contributed by atoms with Crippen LogP contribution in [-0.4, -0.2) is 31.1 Å². The van der Waals surface area contributed by atoms with Crippen LogP contribution in [0.1, 0.15) is 44.9 Å². The van der Waals surface area contributed by atoms with Crippen molar-refractivity contribution in [3.8, 4) is 0 Å². The summed E-state index contributed by atoms with van der Waals surface area (Å²) in [5.74, 6) is 1.90. The molecule has 0 amide bonds. The van der Waals surface area contributed by atoms with Crippen LogP contribution in [-0.2, 0) is 0 Å². The van der Waals surface area contributed by atoms with Crippen molar-refractivity contribution in [1.29, 1.82) is 0 Å². The molecule has 18 heavy (non-hydrogen) atoms. The first-order chi connectivity index (χ1) is 8.83. The first kappa shape index (κ1) is 13.6. The molecule has 3 heteroatoms. The molecule has 2 heterocycles. The van der Waals surface area contributed by atoms with Gasteiger partial charge in [0.15, 0.2) is 0 Å². The van der Waals surface area contributed by atoms with Crippen LogP contribution in [0.2, 0.25) is 0 Å². The Balaban J connectivity index is 1.74. The Bertz CT molecular complexity index is 315. The van der Waals surface area contributed by atoms with Gasteiger partial charge in [-0.05, 0) is 63.5 Å². The van der Waals surface area contributed by atoms with Crippen molar-refractivity contribution in [1.82, 2.24) is 10.2 Å². The maximum atomic E-state index is 5.49. The highest BCUT2D eigenvalue weighted by atomic mass is 16.3. The van der Waals surface area contributed by atoms with E-state index >= 15 is 0 Å². The van der Waals surface area contributed by atoms with Gasteiger partial charge in [-0.25, -0.2) is 0 Å². The summed E-state index contributed by atoms with van der Waals surface area (Å²) in [4.78, 5) is 2.54.